The summed E-state index contributed by atoms with van der Waals surface area (Å²) in [5.41, 5.74) is 4.45. The summed E-state index contributed by atoms with van der Waals surface area (Å²) in [5.74, 6) is 0.199. The summed E-state index contributed by atoms with van der Waals surface area (Å²) in [6.07, 6.45) is 0. The van der Waals surface area contributed by atoms with Crippen LogP contribution in [0.3, 0.4) is 0 Å². The van der Waals surface area contributed by atoms with Gasteiger partial charge in [0.05, 0.1) is 12.1 Å². The highest BCUT2D eigenvalue weighted by Gasteiger charge is 2.09. The van der Waals surface area contributed by atoms with Gasteiger partial charge in [0.15, 0.2) is 24.7 Å². The fourth-order valence-electron chi connectivity index (χ4n) is 1.83. The molecule has 0 aliphatic carbocycles. The smallest absolute Gasteiger partial charge is 0.276 e. The lowest BCUT2D eigenvalue weighted by atomic mass is 10.3. The molecule has 0 spiro atoms. The van der Waals surface area contributed by atoms with Crippen LogP contribution in [-0.4, -0.2) is 32.1 Å². The largest absolute Gasteiger partial charge is 0.493 e. The van der Waals surface area contributed by atoms with Crippen molar-refractivity contribution >= 4 is 39.3 Å². The molecule has 0 aromatic heterocycles. The number of para-hydroxylation sites is 2. The average Bonchev–Trinajstić information content (AvgIpc) is 2.64. The standard InChI is InChI=1S/C17H16BrClN2O5/c1-24-14-4-2-3-5-15(14)26-10-17(23)21-20-16(22)9-25-13-7-6-11(18)8-12(13)19/h2-8H,9-10H2,1H3,(H,20,22)(H,21,23). The first-order valence-corrected chi connectivity index (χ1v) is 8.58. The van der Waals surface area contributed by atoms with Crippen LogP contribution in [0, 0.1) is 0 Å². The maximum atomic E-state index is 11.7. The zero-order valence-corrected chi connectivity index (χ0v) is 16.1. The van der Waals surface area contributed by atoms with E-state index in [-0.39, 0.29) is 13.2 Å². The molecule has 2 amide bonds. The van der Waals surface area contributed by atoms with Crippen molar-refractivity contribution in [2.24, 2.45) is 0 Å². The molecule has 2 N–H and O–H groups in total. The van der Waals surface area contributed by atoms with Crippen LogP contribution in [-0.2, 0) is 9.59 Å². The van der Waals surface area contributed by atoms with Crippen LogP contribution in [0.1, 0.15) is 0 Å². The van der Waals surface area contributed by atoms with Gasteiger partial charge in [0.1, 0.15) is 5.75 Å². The molecular weight excluding hydrogens is 428 g/mol. The number of ether oxygens (including phenoxy) is 3. The molecule has 138 valence electrons. The molecule has 2 aromatic carbocycles. The number of hydrogen-bond donors (Lipinski definition) is 2. The van der Waals surface area contributed by atoms with Crippen molar-refractivity contribution in [1.82, 2.24) is 10.9 Å². The van der Waals surface area contributed by atoms with E-state index >= 15 is 0 Å². The van der Waals surface area contributed by atoms with Crippen LogP contribution in [0.5, 0.6) is 17.2 Å². The minimum atomic E-state index is -0.547. The molecule has 0 heterocycles. The molecule has 0 fully saturated rings. The third kappa shape index (κ3) is 6.12. The van der Waals surface area contributed by atoms with E-state index in [0.29, 0.717) is 22.3 Å². The van der Waals surface area contributed by atoms with Gasteiger partial charge in [0.25, 0.3) is 11.8 Å². The highest BCUT2D eigenvalue weighted by molar-refractivity contribution is 9.10. The van der Waals surface area contributed by atoms with E-state index < -0.39 is 11.8 Å². The molecule has 0 atom stereocenters. The summed E-state index contributed by atoms with van der Waals surface area (Å²) in [6.45, 7) is -0.602. The summed E-state index contributed by atoms with van der Waals surface area (Å²) in [7, 11) is 1.50. The van der Waals surface area contributed by atoms with E-state index in [4.69, 9.17) is 25.8 Å². The van der Waals surface area contributed by atoms with Gasteiger partial charge >= 0.3 is 0 Å². The van der Waals surface area contributed by atoms with Gasteiger partial charge in [-0.1, -0.05) is 39.7 Å². The summed E-state index contributed by atoms with van der Waals surface area (Å²) in [4.78, 5) is 23.4. The fourth-order valence-corrected chi connectivity index (χ4v) is 2.56. The average molecular weight is 444 g/mol. The molecule has 7 nitrogen and oxygen atoms in total. The Hall–Kier alpha value is -2.45. The number of halogens is 2. The van der Waals surface area contributed by atoms with Crippen LogP contribution in [0.25, 0.3) is 0 Å². The first-order valence-electron chi connectivity index (χ1n) is 7.41. The molecule has 0 unspecified atom stereocenters. The molecule has 9 heteroatoms. The number of hydrazine groups is 1. The van der Waals surface area contributed by atoms with Gasteiger partial charge in [0, 0.05) is 4.47 Å². The molecule has 2 aromatic rings. The van der Waals surface area contributed by atoms with E-state index in [1.807, 2.05) is 0 Å². The monoisotopic (exact) mass is 442 g/mol. The maximum absolute atomic E-state index is 11.7. The van der Waals surface area contributed by atoms with Crippen LogP contribution >= 0.6 is 27.5 Å². The molecule has 2 rings (SSSR count). The summed E-state index contributed by atoms with van der Waals surface area (Å²) >= 11 is 9.25. The molecule has 0 aliphatic rings. The Labute approximate surface area is 163 Å². The lowest BCUT2D eigenvalue weighted by Crippen LogP contribution is -2.45. The number of carbonyl (C=O) groups is 2. The van der Waals surface area contributed by atoms with Crippen molar-refractivity contribution in [1.29, 1.82) is 0 Å². The Kier molecular flexibility index (Phi) is 7.55. The molecular formula is C17H16BrClN2O5. The number of rotatable bonds is 7. The third-order valence-corrected chi connectivity index (χ3v) is 3.81. The van der Waals surface area contributed by atoms with Crippen LogP contribution in [0.4, 0.5) is 0 Å². The number of methoxy groups -OCH3 is 1. The number of benzene rings is 2. The van der Waals surface area contributed by atoms with E-state index in [2.05, 4.69) is 26.8 Å². The van der Waals surface area contributed by atoms with E-state index in [9.17, 15) is 9.59 Å². The molecule has 0 saturated heterocycles. The van der Waals surface area contributed by atoms with Gasteiger partial charge in [-0.3, -0.25) is 20.4 Å². The van der Waals surface area contributed by atoms with Crippen molar-refractivity contribution in [2.75, 3.05) is 20.3 Å². The zero-order valence-electron chi connectivity index (χ0n) is 13.8. The quantitative estimate of drug-likeness (QED) is 0.643. The zero-order chi connectivity index (χ0) is 18.9. The highest BCUT2D eigenvalue weighted by atomic mass is 79.9. The van der Waals surface area contributed by atoms with Gasteiger partial charge in [-0.2, -0.15) is 0 Å². The summed E-state index contributed by atoms with van der Waals surface area (Å²) < 4.78 is 16.5. The van der Waals surface area contributed by atoms with E-state index in [1.54, 1.807) is 42.5 Å². The first-order chi connectivity index (χ1) is 12.5. The van der Waals surface area contributed by atoms with Gasteiger partial charge in [-0.15, -0.1) is 0 Å². The van der Waals surface area contributed by atoms with Crippen LogP contribution in [0.2, 0.25) is 5.02 Å². The summed E-state index contributed by atoms with van der Waals surface area (Å²) in [6, 6.07) is 11.9. The maximum Gasteiger partial charge on any atom is 0.276 e. The first kappa shape index (κ1) is 19.9. The molecule has 0 aliphatic heterocycles. The minimum Gasteiger partial charge on any atom is -0.493 e. The molecule has 0 saturated carbocycles. The Balaban J connectivity index is 1.72. The van der Waals surface area contributed by atoms with Crippen molar-refractivity contribution < 1.29 is 23.8 Å². The van der Waals surface area contributed by atoms with Crippen LogP contribution in [0.15, 0.2) is 46.9 Å². The number of amides is 2. The number of hydrogen-bond acceptors (Lipinski definition) is 5. The number of nitrogens with one attached hydrogen (secondary N) is 2. The molecule has 26 heavy (non-hydrogen) atoms. The van der Waals surface area contributed by atoms with Crippen LogP contribution < -0.4 is 25.1 Å². The van der Waals surface area contributed by atoms with Gasteiger partial charge in [-0.25, -0.2) is 0 Å². The molecule has 0 bridgehead atoms. The molecule has 0 radical (unpaired) electrons. The predicted octanol–water partition coefficient (Wildman–Crippen LogP) is 2.72. The lowest BCUT2D eigenvalue weighted by Gasteiger charge is -2.11. The van der Waals surface area contributed by atoms with Crippen molar-refractivity contribution in [3.05, 3.63) is 52.0 Å². The minimum absolute atomic E-state index is 0.292. The third-order valence-electron chi connectivity index (χ3n) is 3.02. The normalized spacial score (nSPS) is 9.96. The SMILES string of the molecule is COc1ccccc1OCC(=O)NNC(=O)COc1ccc(Br)cc1Cl. The van der Waals surface area contributed by atoms with Gasteiger partial charge < -0.3 is 14.2 Å². The Bertz CT molecular complexity index is 787. The second kappa shape index (κ2) is 9.88. The predicted molar refractivity (Wildman–Crippen MR) is 99.4 cm³/mol. The fraction of sp³-hybridized carbons (Fsp3) is 0.176. The van der Waals surface area contributed by atoms with Crippen molar-refractivity contribution in [3.8, 4) is 17.2 Å². The van der Waals surface area contributed by atoms with E-state index in [0.717, 1.165) is 4.47 Å². The second-order valence-corrected chi connectivity index (χ2v) is 6.22. The van der Waals surface area contributed by atoms with Crippen molar-refractivity contribution in [2.45, 2.75) is 0 Å². The highest BCUT2D eigenvalue weighted by Crippen LogP contribution is 2.27. The Morgan fingerprint density at radius 3 is 2.12 bits per heavy atom. The van der Waals surface area contributed by atoms with Crippen molar-refractivity contribution in [3.63, 3.8) is 0 Å². The summed E-state index contributed by atoms with van der Waals surface area (Å²) in [5, 5.41) is 0.362. The number of carbonyl (C=O) groups excluding carboxylic acids is 2. The second-order valence-electron chi connectivity index (χ2n) is 4.90. The van der Waals surface area contributed by atoms with E-state index in [1.165, 1.54) is 7.11 Å². The topological polar surface area (TPSA) is 85.9 Å². The Morgan fingerprint density at radius 1 is 0.962 bits per heavy atom. The Morgan fingerprint density at radius 2 is 1.54 bits per heavy atom. The van der Waals surface area contributed by atoms with Gasteiger partial charge in [0.2, 0.25) is 0 Å². The van der Waals surface area contributed by atoms with Gasteiger partial charge in [-0.05, 0) is 30.3 Å². The lowest BCUT2D eigenvalue weighted by molar-refractivity contribution is -0.131.